The molecule has 0 spiro atoms. The van der Waals surface area contributed by atoms with Crippen LogP contribution in [-0.2, 0) is 14.3 Å². The van der Waals surface area contributed by atoms with Crippen molar-refractivity contribution in [1.82, 2.24) is 10.2 Å². The van der Waals surface area contributed by atoms with Crippen LogP contribution < -0.4 is 16.0 Å². The number of nitrogens with zero attached hydrogens (tertiary/aromatic N) is 1. The summed E-state index contributed by atoms with van der Waals surface area (Å²) in [5.74, 6) is -0.406. The molecule has 0 atom stereocenters. The second kappa shape index (κ2) is 13.8. The summed E-state index contributed by atoms with van der Waals surface area (Å²) in [4.78, 5) is 40.1. The highest BCUT2D eigenvalue weighted by Crippen LogP contribution is 2.20. The summed E-state index contributed by atoms with van der Waals surface area (Å²) < 4.78 is 5.50. The number of rotatable bonds is 11. The first-order valence-corrected chi connectivity index (χ1v) is 12.7. The number of benzene rings is 2. The van der Waals surface area contributed by atoms with Gasteiger partial charge in [0.25, 0.3) is 5.91 Å². The van der Waals surface area contributed by atoms with E-state index in [4.69, 9.17) is 4.74 Å². The molecule has 3 N–H and O–H groups in total. The minimum atomic E-state index is -0.279. The molecule has 2 aromatic carbocycles. The molecule has 0 unspecified atom stereocenters. The van der Waals surface area contributed by atoms with Gasteiger partial charge in [-0.1, -0.05) is 24.3 Å². The smallest absolute Gasteiger partial charge is 0.257 e. The number of amides is 3. The Morgan fingerprint density at radius 3 is 2.50 bits per heavy atom. The molecule has 1 aliphatic rings. The average Bonchev–Trinajstić information content (AvgIpc) is 2.84. The molecule has 3 rings (SSSR count). The number of hydrogen-bond acceptors (Lipinski definition) is 5. The van der Waals surface area contributed by atoms with Crippen LogP contribution in [0, 0.1) is 12.8 Å². The summed E-state index contributed by atoms with van der Waals surface area (Å²) in [5.41, 5.74) is 2.63. The monoisotopic (exact) mass is 494 g/mol. The minimum absolute atomic E-state index is 0.0265. The Morgan fingerprint density at radius 1 is 1.03 bits per heavy atom. The van der Waals surface area contributed by atoms with Crippen molar-refractivity contribution >= 4 is 29.1 Å². The summed E-state index contributed by atoms with van der Waals surface area (Å²) in [6, 6.07) is 14.6. The van der Waals surface area contributed by atoms with Crippen LogP contribution in [0.25, 0.3) is 0 Å². The maximum Gasteiger partial charge on any atom is 0.257 e. The first-order valence-electron chi connectivity index (χ1n) is 12.7. The molecule has 36 heavy (non-hydrogen) atoms. The van der Waals surface area contributed by atoms with Crippen molar-refractivity contribution in [3.05, 3.63) is 59.7 Å². The normalized spacial score (nSPS) is 14.4. The molecular formula is C28H38N4O4. The van der Waals surface area contributed by atoms with Crippen LogP contribution in [0.3, 0.4) is 0 Å². The second-order valence-electron chi connectivity index (χ2n) is 9.53. The van der Waals surface area contributed by atoms with Crippen molar-refractivity contribution in [3.8, 4) is 0 Å². The Balaban J connectivity index is 1.44. The molecule has 0 bridgehead atoms. The van der Waals surface area contributed by atoms with Gasteiger partial charge < -0.3 is 20.7 Å². The summed E-state index contributed by atoms with van der Waals surface area (Å²) >= 11 is 0. The van der Waals surface area contributed by atoms with Gasteiger partial charge in [0.1, 0.15) is 0 Å². The molecule has 1 saturated heterocycles. The molecule has 3 amide bonds. The fourth-order valence-corrected chi connectivity index (χ4v) is 4.20. The van der Waals surface area contributed by atoms with Crippen LogP contribution in [0.1, 0.15) is 49.0 Å². The fourth-order valence-electron chi connectivity index (χ4n) is 4.20. The Hall–Kier alpha value is -3.23. The van der Waals surface area contributed by atoms with E-state index in [2.05, 4.69) is 16.0 Å². The highest BCUT2D eigenvalue weighted by Gasteiger charge is 2.26. The van der Waals surface area contributed by atoms with Crippen LogP contribution in [-0.4, -0.2) is 61.5 Å². The summed E-state index contributed by atoms with van der Waals surface area (Å²) in [6.45, 7) is 8.78. The lowest BCUT2D eigenvalue weighted by Gasteiger charge is -2.30. The number of ether oxygens (including phenoxy) is 1. The van der Waals surface area contributed by atoms with Gasteiger partial charge in [0, 0.05) is 24.8 Å². The zero-order valence-corrected chi connectivity index (χ0v) is 21.5. The van der Waals surface area contributed by atoms with E-state index in [1.807, 2.05) is 49.9 Å². The van der Waals surface area contributed by atoms with Gasteiger partial charge in [-0.25, -0.2) is 0 Å². The molecule has 0 saturated carbocycles. The SMILES string of the molecule is Cc1cccc(NC(=O)c2ccccc2NC(=O)CN2CCC(C(=O)NCCCOC(C)C)CC2)c1. The summed E-state index contributed by atoms with van der Waals surface area (Å²) in [6.07, 6.45) is 2.44. The molecule has 0 aromatic heterocycles. The van der Waals surface area contributed by atoms with Crippen molar-refractivity contribution < 1.29 is 19.1 Å². The van der Waals surface area contributed by atoms with E-state index < -0.39 is 0 Å². The number of carbonyl (C=O) groups is 3. The number of hydrogen-bond donors (Lipinski definition) is 3. The van der Waals surface area contributed by atoms with Crippen LogP contribution in [0.15, 0.2) is 48.5 Å². The van der Waals surface area contributed by atoms with Gasteiger partial charge in [-0.05, 0) is 83.0 Å². The predicted octanol–water partition coefficient (Wildman–Crippen LogP) is 3.83. The molecule has 1 heterocycles. The lowest BCUT2D eigenvalue weighted by Crippen LogP contribution is -2.43. The van der Waals surface area contributed by atoms with E-state index in [-0.39, 0.29) is 36.3 Å². The quantitative estimate of drug-likeness (QED) is 0.412. The summed E-state index contributed by atoms with van der Waals surface area (Å²) in [5, 5.41) is 8.77. The van der Waals surface area contributed by atoms with Crippen LogP contribution in [0.2, 0.25) is 0 Å². The topological polar surface area (TPSA) is 99.8 Å². The van der Waals surface area contributed by atoms with E-state index in [0.29, 0.717) is 43.2 Å². The zero-order valence-electron chi connectivity index (χ0n) is 21.5. The Bertz CT molecular complexity index is 1030. The predicted molar refractivity (Wildman–Crippen MR) is 142 cm³/mol. The lowest BCUT2D eigenvalue weighted by molar-refractivity contribution is -0.126. The molecule has 2 aromatic rings. The van der Waals surface area contributed by atoms with Crippen molar-refractivity contribution in [2.24, 2.45) is 5.92 Å². The van der Waals surface area contributed by atoms with Gasteiger partial charge >= 0.3 is 0 Å². The van der Waals surface area contributed by atoms with Crippen molar-refractivity contribution in [1.29, 1.82) is 0 Å². The van der Waals surface area contributed by atoms with E-state index >= 15 is 0 Å². The van der Waals surface area contributed by atoms with Gasteiger partial charge in [0.05, 0.1) is 23.9 Å². The maximum atomic E-state index is 12.8. The van der Waals surface area contributed by atoms with E-state index in [1.165, 1.54) is 0 Å². The molecule has 0 aliphatic carbocycles. The van der Waals surface area contributed by atoms with Gasteiger partial charge in [0.2, 0.25) is 11.8 Å². The molecule has 194 valence electrons. The van der Waals surface area contributed by atoms with Gasteiger partial charge in [-0.2, -0.15) is 0 Å². The van der Waals surface area contributed by atoms with Gasteiger partial charge in [0.15, 0.2) is 0 Å². The Kier molecular flexibility index (Phi) is 10.5. The molecule has 0 radical (unpaired) electrons. The van der Waals surface area contributed by atoms with Gasteiger partial charge in [-0.15, -0.1) is 0 Å². The first-order chi connectivity index (χ1) is 17.3. The first kappa shape index (κ1) is 27.4. The molecule has 1 fully saturated rings. The Morgan fingerprint density at radius 2 is 1.78 bits per heavy atom. The number of para-hydroxylation sites is 1. The number of carbonyl (C=O) groups excluding carboxylic acids is 3. The van der Waals surface area contributed by atoms with Crippen molar-refractivity contribution in [2.45, 2.75) is 46.1 Å². The van der Waals surface area contributed by atoms with Crippen LogP contribution in [0.5, 0.6) is 0 Å². The van der Waals surface area contributed by atoms with Gasteiger partial charge in [-0.3, -0.25) is 19.3 Å². The second-order valence-corrected chi connectivity index (χ2v) is 9.53. The molecular weight excluding hydrogens is 456 g/mol. The van der Waals surface area contributed by atoms with Crippen LogP contribution >= 0.6 is 0 Å². The highest BCUT2D eigenvalue weighted by atomic mass is 16.5. The minimum Gasteiger partial charge on any atom is -0.379 e. The average molecular weight is 495 g/mol. The number of aryl methyl sites for hydroxylation is 1. The van der Waals surface area contributed by atoms with E-state index in [1.54, 1.807) is 24.3 Å². The largest absolute Gasteiger partial charge is 0.379 e. The third kappa shape index (κ3) is 8.77. The third-order valence-electron chi connectivity index (χ3n) is 6.12. The van der Waals surface area contributed by atoms with Crippen LogP contribution in [0.4, 0.5) is 11.4 Å². The highest BCUT2D eigenvalue weighted by molar-refractivity contribution is 6.10. The van der Waals surface area contributed by atoms with Crippen molar-refractivity contribution in [2.75, 3.05) is 43.4 Å². The number of nitrogens with one attached hydrogen (secondary N) is 3. The third-order valence-corrected chi connectivity index (χ3v) is 6.12. The lowest BCUT2D eigenvalue weighted by atomic mass is 9.96. The Labute approximate surface area is 213 Å². The van der Waals surface area contributed by atoms with E-state index in [0.717, 1.165) is 24.8 Å². The molecule has 1 aliphatic heterocycles. The maximum absolute atomic E-state index is 12.8. The number of likely N-dealkylation sites (tertiary alicyclic amines) is 1. The van der Waals surface area contributed by atoms with E-state index in [9.17, 15) is 14.4 Å². The molecule has 8 heteroatoms. The number of piperidine rings is 1. The standard InChI is InChI=1S/C28H38N4O4/c1-20(2)36-17-7-14-29-27(34)22-12-15-32(16-13-22)19-26(33)31-25-11-5-4-10-24(25)28(35)30-23-9-6-8-21(3)18-23/h4-6,8-11,18,20,22H,7,12-17,19H2,1-3H3,(H,29,34)(H,30,35)(H,31,33). The number of anilines is 2. The fraction of sp³-hybridized carbons (Fsp3) is 0.464. The van der Waals surface area contributed by atoms with Crippen molar-refractivity contribution in [3.63, 3.8) is 0 Å². The molecule has 8 nitrogen and oxygen atoms in total. The summed E-state index contributed by atoms with van der Waals surface area (Å²) in [7, 11) is 0. The zero-order chi connectivity index (χ0) is 25.9.